The molecule has 0 aliphatic heterocycles. The van der Waals surface area contributed by atoms with Crippen LogP contribution in [0.4, 0.5) is 0 Å². The van der Waals surface area contributed by atoms with Crippen LogP contribution in [-0.4, -0.2) is 41.6 Å². The Hall–Kier alpha value is -2.83. The van der Waals surface area contributed by atoms with Crippen molar-refractivity contribution < 1.29 is 23.9 Å². The topological polar surface area (TPSA) is 97.5 Å². The molecule has 7 heteroatoms. The van der Waals surface area contributed by atoms with Crippen LogP contribution >= 0.6 is 0 Å². The first-order valence-corrected chi connectivity index (χ1v) is 8.62. The normalized spacial score (nSPS) is 11.2. The van der Waals surface area contributed by atoms with Gasteiger partial charge in [-0.05, 0) is 38.3 Å². The van der Waals surface area contributed by atoms with E-state index < -0.39 is 23.4 Å². The van der Waals surface area contributed by atoms with E-state index in [-0.39, 0.29) is 19.6 Å². The van der Waals surface area contributed by atoms with E-state index in [4.69, 9.17) is 9.47 Å². The molecule has 1 amide bonds. The molecule has 26 heavy (non-hydrogen) atoms. The molecule has 0 unspecified atom stereocenters. The van der Waals surface area contributed by atoms with Gasteiger partial charge in [-0.3, -0.25) is 4.79 Å². The van der Waals surface area contributed by atoms with Crippen molar-refractivity contribution in [1.29, 1.82) is 0 Å². The number of ether oxygens (including phenoxy) is 2. The highest BCUT2D eigenvalue weighted by atomic mass is 16.6. The molecule has 0 atom stereocenters. The number of carbonyl (C=O) groups is 3. The van der Waals surface area contributed by atoms with E-state index in [0.717, 1.165) is 16.5 Å². The number of H-pyrrole nitrogens is 1. The molecule has 7 nitrogen and oxygen atoms in total. The highest BCUT2D eigenvalue weighted by molar-refractivity contribution is 6.07. The van der Waals surface area contributed by atoms with Crippen LogP contribution in [0.15, 0.2) is 30.5 Å². The van der Waals surface area contributed by atoms with E-state index >= 15 is 0 Å². The molecule has 1 heterocycles. The highest BCUT2D eigenvalue weighted by Crippen LogP contribution is 2.24. The third kappa shape index (κ3) is 4.04. The smallest absolute Gasteiger partial charge is 0.343 e. The van der Waals surface area contributed by atoms with Crippen LogP contribution in [0, 0.1) is 0 Å². The Labute approximate surface area is 152 Å². The maximum Gasteiger partial charge on any atom is 0.343 e. The Morgan fingerprint density at radius 3 is 2.27 bits per heavy atom. The fourth-order valence-electron chi connectivity index (χ4n) is 2.92. The van der Waals surface area contributed by atoms with Gasteiger partial charge in [0.1, 0.15) is 0 Å². The molecule has 1 aromatic carbocycles. The fourth-order valence-corrected chi connectivity index (χ4v) is 2.92. The lowest BCUT2D eigenvalue weighted by Crippen LogP contribution is -2.61. The summed E-state index contributed by atoms with van der Waals surface area (Å²) in [5.74, 6) is -2.13. The van der Waals surface area contributed by atoms with Gasteiger partial charge in [-0.2, -0.15) is 0 Å². The van der Waals surface area contributed by atoms with Gasteiger partial charge in [0.25, 0.3) is 0 Å². The summed E-state index contributed by atoms with van der Waals surface area (Å²) < 4.78 is 10.1. The number of aromatic nitrogens is 1. The number of fused-ring (bicyclic) bond motifs is 1. The second-order valence-electron chi connectivity index (χ2n) is 5.89. The molecule has 2 rings (SSSR count). The van der Waals surface area contributed by atoms with Gasteiger partial charge in [0, 0.05) is 24.0 Å². The zero-order valence-corrected chi connectivity index (χ0v) is 15.3. The molecule has 1 aromatic heterocycles. The molecule has 2 aromatic rings. The molecule has 0 aliphatic rings. The van der Waals surface area contributed by atoms with Crippen LogP contribution < -0.4 is 5.32 Å². The number of aryl methyl sites for hydroxylation is 1. The number of hydrogen-bond acceptors (Lipinski definition) is 5. The van der Waals surface area contributed by atoms with Crippen LogP contribution in [0.1, 0.15) is 32.8 Å². The number of benzene rings is 1. The zero-order valence-electron chi connectivity index (χ0n) is 15.3. The predicted octanol–water partition coefficient (Wildman–Crippen LogP) is 2.10. The highest BCUT2D eigenvalue weighted by Gasteiger charge is 2.49. The van der Waals surface area contributed by atoms with E-state index in [2.05, 4.69) is 10.3 Å². The molecule has 0 saturated carbocycles. The summed E-state index contributed by atoms with van der Waals surface area (Å²) in [7, 11) is 0. The van der Waals surface area contributed by atoms with Crippen LogP contribution in [0.2, 0.25) is 0 Å². The molecular weight excluding hydrogens is 336 g/mol. The predicted molar refractivity (Wildman–Crippen MR) is 96.4 cm³/mol. The second-order valence-corrected chi connectivity index (χ2v) is 5.89. The number of para-hydroxylation sites is 1. The number of amides is 1. The fraction of sp³-hybridized carbons (Fsp3) is 0.421. The first-order chi connectivity index (χ1) is 12.4. The lowest BCUT2D eigenvalue weighted by Gasteiger charge is -2.29. The van der Waals surface area contributed by atoms with Crippen molar-refractivity contribution in [3.05, 3.63) is 36.0 Å². The average Bonchev–Trinajstić information content (AvgIpc) is 3.02. The van der Waals surface area contributed by atoms with E-state index in [1.54, 1.807) is 13.8 Å². The van der Waals surface area contributed by atoms with Gasteiger partial charge in [0.05, 0.1) is 13.2 Å². The Kier molecular flexibility index (Phi) is 6.38. The molecular formula is C19H24N2O5. The third-order valence-corrected chi connectivity index (χ3v) is 4.08. The van der Waals surface area contributed by atoms with Crippen LogP contribution in [-0.2, 0) is 30.3 Å². The summed E-state index contributed by atoms with van der Waals surface area (Å²) in [5.41, 5.74) is 0.0276. The van der Waals surface area contributed by atoms with Gasteiger partial charge < -0.3 is 19.8 Å². The summed E-state index contributed by atoms with van der Waals surface area (Å²) in [6.07, 6.45) is 2.24. The lowest BCUT2D eigenvalue weighted by molar-refractivity contribution is -0.168. The van der Waals surface area contributed by atoms with Gasteiger partial charge in [0.2, 0.25) is 11.4 Å². The monoisotopic (exact) mass is 360 g/mol. The van der Waals surface area contributed by atoms with Crippen molar-refractivity contribution in [3.8, 4) is 0 Å². The lowest BCUT2D eigenvalue weighted by atomic mass is 9.90. The van der Waals surface area contributed by atoms with Crippen molar-refractivity contribution in [2.45, 2.75) is 39.2 Å². The van der Waals surface area contributed by atoms with Gasteiger partial charge in [-0.1, -0.05) is 18.2 Å². The Balaban J connectivity index is 2.36. The van der Waals surface area contributed by atoms with Crippen molar-refractivity contribution in [1.82, 2.24) is 10.3 Å². The van der Waals surface area contributed by atoms with Gasteiger partial charge >= 0.3 is 11.9 Å². The SMILES string of the molecule is CCOC(=O)C(CCc1c[nH]c2ccccc12)(NC(C)=O)C(=O)OCC. The van der Waals surface area contributed by atoms with E-state index in [0.29, 0.717) is 6.42 Å². The van der Waals surface area contributed by atoms with Crippen LogP contribution in [0.5, 0.6) is 0 Å². The van der Waals surface area contributed by atoms with E-state index in [9.17, 15) is 14.4 Å². The van der Waals surface area contributed by atoms with Gasteiger partial charge in [-0.25, -0.2) is 9.59 Å². The third-order valence-electron chi connectivity index (χ3n) is 4.08. The number of nitrogens with one attached hydrogen (secondary N) is 2. The second kappa shape index (κ2) is 8.51. The number of aromatic amines is 1. The quantitative estimate of drug-likeness (QED) is 0.555. The molecule has 0 aliphatic carbocycles. The summed E-state index contributed by atoms with van der Waals surface area (Å²) in [5, 5.41) is 3.47. The van der Waals surface area contributed by atoms with E-state index in [1.165, 1.54) is 6.92 Å². The van der Waals surface area contributed by atoms with Crippen LogP contribution in [0.3, 0.4) is 0 Å². The van der Waals surface area contributed by atoms with Crippen molar-refractivity contribution >= 4 is 28.7 Å². The van der Waals surface area contributed by atoms with Gasteiger partial charge in [0.15, 0.2) is 0 Å². The van der Waals surface area contributed by atoms with Crippen molar-refractivity contribution in [2.24, 2.45) is 0 Å². The first-order valence-electron chi connectivity index (χ1n) is 8.62. The minimum absolute atomic E-state index is 0.0338. The number of esters is 2. The minimum Gasteiger partial charge on any atom is -0.464 e. The Morgan fingerprint density at radius 1 is 1.08 bits per heavy atom. The maximum atomic E-state index is 12.6. The largest absolute Gasteiger partial charge is 0.464 e. The maximum absolute atomic E-state index is 12.6. The molecule has 2 N–H and O–H groups in total. The zero-order chi connectivity index (χ0) is 19.2. The first kappa shape index (κ1) is 19.5. The van der Waals surface area contributed by atoms with Gasteiger partial charge in [-0.15, -0.1) is 0 Å². The number of rotatable bonds is 8. The molecule has 0 fully saturated rings. The Morgan fingerprint density at radius 2 is 1.69 bits per heavy atom. The molecule has 0 saturated heterocycles. The average molecular weight is 360 g/mol. The minimum atomic E-state index is -1.86. The molecule has 140 valence electrons. The van der Waals surface area contributed by atoms with Crippen LogP contribution in [0.25, 0.3) is 10.9 Å². The molecule has 0 spiro atoms. The summed E-state index contributed by atoms with van der Waals surface area (Å²) >= 11 is 0. The summed E-state index contributed by atoms with van der Waals surface area (Å²) in [6, 6.07) is 7.73. The van der Waals surface area contributed by atoms with E-state index in [1.807, 2.05) is 30.5 Å². The number of carbonyl (C=O) groups excluding carboxylic acids is 3. The van der Waals surface area contributed by atoms with Crippen molar-refractivity contribution in [3.63, 3.8) is 0 Å². The Bertz CT molecular complexity index is 778. The summed E-state index contributed by atoms with van der Waals surface area (Å²) in [6.45, 7) is 4.71. The molecule has 0 bridgehead atoms. The summed E-state index contributed by atoms with van der Waals surface area (Å²) in [4.78, 5) is 40.1. The number of hydrogen-bond donors (Lipinski definition) is 2. The molecule has 0 radical (unpaired) electrons. The standard InChI is InChI=1S/C19H24N2O5/c1-4-25-17(23)19(21-13(3)22,18(24)26-5-2)11-10-14-12-20-16-9-7-6-8-15(14)16/h6-9,12,20H,4-5,10-11H2,1-3H3,(H,21,22). The van der Waals surface area contributed by atoms with Crippen molar-refractivity contribution in [2.75, 3.05) is 13.2 Å².